The lowest BCUT2D eigenvalue weighted by Crippen LogP contribution is -2.19. The van der Waals surface area contributed by atoms with Crippen LogP contribution in [0, 0.1) is 6.92 Å². The normalized spacial score (nSPS) is 12.2. The quantitative estimate of drug-likeness (QED) is 0.715. The van der Waals surface area contributed by atoms with Gasteiger partial charge in [-0.2, -0.15) is 10.1 Å². The lowest BCUT2D eigenvalue weighted by Gasteiger charge is -2.04. The number of nitrogens with zero attached hydrogens (tertiary/aromatic N) is 4. The Kier molecular flexibility index (Phi) is 4.92. The second-order valence-electron chi connectivity index (χ2n) is 5.47. The average Bonchev–Trinajstić information content (AvgIpc) is 3.17. The SMILES string of the molecule is CCn1ccc(C(=O)N=c2sc3cc(C)ccc3n2CCOC)n1. The van der Waals surface area contributed by atoms with Gasteiger partial charge in [0.25, 0.3) is 5.91 Å². The summed E-state index contributed by atoms with van der Waals surface area (Å²) in [5.41, 5.74) is 2.61. The fourth-order valence-electron chi connectivity index (χ4n) is 2.46. The van der Waals surface area contributed by atoms with E-state index in [4.69, 9.17) is 4.74 Å². The first-order valence-corrected chi connectivity index (χ1v) is 8.65. The number of benzene rings is 1. The first kappa shape index (κ1) is 16.6. The minimum absolute atomic E-state index is 0.323. The summed E-state index contributed by atoms with van der Waals surface area (Å²) in [4.78, 5) is 17.4. The number of aromatic nitrogens is 3. The summed E-state index contributed by atoms with van der Waals surface area (Å²) in [6.07, 6.45) is 1.79. The van der Waals surface area contributed by atoms with Crippen molar-refractivity contribution in [3.05, 3.63) is 46.5 Å². The van der Waals surface area contributed by atoms with E-state index in [0.29, 0.717) is 23.6 Å². The number of methoxy groups -OCH3 is 1. The maximum atomic E-state index is 12.4. The van der Waals surface area contributed by atoms with E-state index in [1.54, 1.807) is 24.1 Å². The Morgan fingerprint density at radius 2 is 2.21 bits per heavy atom. The number of ether oxygens (including phenoxy) is 1. The van der Waals surface area contributed by atoms with Crippen molar-refractivity contribution in [3.63, 3.8) is 0 Å². The van der Waals surface area contributed by atoms with Crippen molar-refractivity contribution < 1.29 is 9.53 Å². The molecule has 24 heavy (non-hydrogen) atoms. The van der Waals surface area contributed by atoms with Crippen LogP contribution in [0.5, 0.6) is 0 Å². The third-order valence-electron chi connectivity index (χ3n) is 3.74. The molecule has 6 nitrogen and oxygen atoms in total. The van der Waals surface area contributed by atoms with Gasteiger partial charge in [-0.15, -0.1) is 0 Å². The van der Waals surface area contributed by atoms with Crippen LogP contribution in [0.4, 0.5) is 0 Å². The molecule has 1 amide bonds. The number of hydrogen-bond acceptors (Lipinski definition) is 4. The fourth-order valence-corrected chi connectivity index (χ4v) is 3.61. The Balaban J connectivity index is 2.07. The van der Waals surface area contributed by atoms with E-state index in [-0.39, 0.29) is 5.91 Å². The molecule has 0 saturated heterocycles. The summed E-state index contributed by atoms with van der Waals surface area (Å²) in [5.74, 6) is -0.323. The van der Waals surface area contributed by atoms with E-state index in [2.05, 4.69) is 35.2 Å². The lowest BCUT2D eigenvalue weighted by atomic mass is 10.2. The average molecular weight is 344 g/mol. The molecule has 0 fully saturated rings. The molecule has 0 radical (unpaired) electrons. The topological polar surface area (TPSA) is 61.4 Å². The van der Waals surface area contributed by atoms with Crippen LogP contribution in [0.2, 0.25) is 0 Å². The fraction of sp³-hybridized carbons (Fsp3) is 0.353. The molecule has 3 rings (SSSR count). The molecule has 0 N–H and O–H groups in total. The van der Waals surface area contributed by atoms with Crippen molar-refractivity contribution in [2.45, 2.75) is 26.9 Å². The number of carbonyl (C=O) groups excluding carboxylic acids is 1. The first-order chi connectivity index (χ1) is 11.6. The summed E-state index contributed by atoms with van der Waals surface area (Å²) in [6.45, 7) is 5.97. The van der Waals surface area contributed by atoms with E-state index in [1.807, 2.05) is 11.5 Å². The lowest BCUT2D eigenvalue weighted by molar-refractivity contribution is 0.0992. The third kappa shape index (κ3) is 3.32. The van der Waals surface area contributed by atoms with Crippen molar-refractivity contribution in [2.75, 3.05) is 13.7 Å². The van der Waals surface area contributed by atoms with Crippen LogP contribution < -0.4 is 4.80 Å². The van der Waals surface area contributed by atoms with E-state index in [0.717, 1.165) is 16.8 Å². The van der Waals surface area contributed by atoms with Crippen molar-refractivity contribution in [1.29, 1.82) is 0 Å². The zero-order chi connectivity index (χ0) is 17.1. The van der Waals surface area contributed by atoms with Gasteiger partial charge in [0, 0.05) is 26.4 Å². The molecule has 2 aromatic heterocycles. The second kappa shape index (κ2) is 7.11. The van der Waals surface area contributed by atoms with E-state index in [9.17, 15) is 4.79 Å². The van der Waals surface area contributed by atoms with E-state index < -0.39 is 0 Å². The monoisotopic (exact) mass is 344 g/mol. The molecule has 0 atom stereocenters. The smallest absolute Gasteiger partial charge is 0.300 e. The van der Waals surface area contributed by atoms with Crippen molar-refractivity contribution in [3.8, 4) is 0 Å². The van der Waals surface area contributed by atoms with E-state index in [1.165, 1.54) is 16.9 Å². The number of fused-ring (bicyclic) bond motifs is 1. The number of amides is 1. The molecule has 126 valence electrons. The number of carbonyl (C=O) groups is 1. The van der Waals surface area contributed by atoms with Gasteiger partial charge in [-0.3, -0.25) is 9.48 Å². The van der Waals surface area contributed by atoms with Crippen molar-refractivity contribution in [1.82, 2.24) is 14.3 Å². The minimum Gasteiger partial charge on any atom is -0.383 e. The van der Waals surface area contributed by atoms with Crippen molar-refractivity contribution >= 4 is 27.5 Å². The molecule has 0 aliphatic rings. The van der Waals surface area contributed by atoms with Crippen molar-refractivity contribution in [2.24, 2.45) is 4.99 Å². The molecule has 0 saturated carbocycles. The summed E-state index contributed by atoms with van der Waals surface area (Å²) in [6, 6.07) is 7.93. The summed E-state index contributed by atoms with van der Waals surface area (Å²) >= 11 is 1.51. The van der Waals surface area contributed by atoms with Gasteiger partial charge >= 0.3 is 0 Å². The van der Waals surface area contributed by atoms with Crippen LogP contribution in [0.25, 0.3) is 10.2 Å². The molecule has 2 heterocycles. The highest BCUT2D eigenvalue weighted by Gasteiger charge is 2.11. The van der Waals surface area contributed by atoms with Crippen LogP contribution in [0.3, 0.4) is 0 Å². The zero-order valence-electron chi connectivity index (χ0n) is 14.0. The number of rotatable bonds is 5. The Morgan fingerprint density at radius 3 is 2.92 bits per heavy atom. The Hall–Kier alpha value is -2.25. The molecule has 0 unspecified atom stereocenters. The number of thiazole rings is 1. The second-order valence-corrected chi connectivity index (χ2v) is 6.48. The zero-order valence-corrected chi connectivity index (χ0v) is 14.8. The standard InChI is InChI=1S/C17H20N4O2S/c1-4-20-8-7-13(19-20)16(22)18-17-21(9-10-23-3)14-6-5-12(2)11-15(14)24-17/h5-8,11H,4,9-10H2,1-3H3. The number of aryl methyl sites for hydroxylation is 2. The van der Waals surface area contributed by atoms with Gasteiger partial charge in [0.05, 0.1) is 16.8 Å². The first-order valence-electron chi connectivity index (χ1n) is 7.84. The molecule has 0 aliphatic heterocycles. The van der Waals surface area contributed by atoms with Crippen LogP contribution in [0.15, 0.2) is 35.5 Å². The molecule has 0 spiro atoms. The summed E-state index contributed by atoms with van der Waals surface area (Å²) in [5, 5.41) is 4.23. The maximum Gasteiger partial charge on any atom is 0.300 e. The summed E-state index contributed by atoms with van der Waals surface area (Å²) in [7, 11) is 1.67. The highest BCUT2D eigenvalue weighted by molar-refractivity contribution is 7.16. The Morgan fingerprint density at radius 1 is 1.38 bits per heavy atom. The largest absolute Gasteiger partial charge is 0.383 e. The molecular formula is C17H20N4O2S. The third-order valence-corrected chi connectivity index (χ3v) is 4.78. The van der Waals surface area contributed by atoms with E-state index >= 15 is 0 Å². The molecular weight excluding hydrogens is 324 g/mol. The minimum atomic E-state index is -0.323. The van der Waals surface area contributed by atoms with Gasteiger partial charge in [0.2, 0.25) is 0 Å². The predicted octanol–water partition coefficient (Wildman–Crippen LogP) is 2.62. The van der Waals surface area contributed by atoms with Gasteiger partial charge in [0.15, 0.2) is 10.5 Å². The number of hydrogen-bond donors (Lipinski definition) is 0. The molecule has 7 heteroatoms. The van der Waals surface area contributed by atoms with Gasteiger partial charge in [-0.25, -0.2) is 0 Å². The van der Waals surface area contributed by atoms with Gasteiger partial charge in [-0.05, 0) is 37.6 Å². The maximum absolute atomic E-state index is 12.4. The Bertz CT molecular complexity index is 936. The van der Waals surface area contributed by atoms with Gasteiger partial charge in [-0.1, -0.05) is 17.4 Å². The summed E-state index contributed by atoms with van der Waals surface area (Å²) < 4.78 is 10.0. The Labute approximate surface area is 144 Å². The highest BCUT2D eigenvalue weighted by Crippen LogP contribution is 2.19. The molecule has 1 aromatic carbocycles. The molecule has 0 bridgehead atoms. The van der Waals surface area contributed by atoms with Crippen LogP contribution in [-0.4, -0.2) is 34.0 Å². The van der Waals surface area contributed by atoms with Crippen LogP contribution >= 0.6 is 11.3 Å². The molecule has 0 aliphatic carbocycles. The highest BCUT2D eigenvalue weighted by atomic mass is 32.1. The van der Waals surface area contributed by atoms with Gasteiger partial charge < -0.3 is 9.30 Å². The van der Waals surface area contributed by atoms with Gasteiger partial charge in [0.1, 0.15) is 0 Å². The predicted molar refractivity (Wildman–Crippen MR) is 94.2 cm³/mol. The van der Waals surface area contributed by atoms with Crippen LogP contribution in [-0.2, 0) is 17.8 Å². The van der Waals surface area contributed by atoms with Crippen LogP contribution in [0.1, 0.15) is 23.0 Å². The molecule has 3 aromatic rings.